The predicted molar refractivity (Wildman–Crippen MR) is 168 cm³/mol. The monoisotopic (exact) mass is 629 g/mol. The van der Waals surface area contributed by atoms with E-state index in [2.05, 4.69) is 5.32 Å². The zero-order chi connectivity index (χ0) is 30.4. The van der Waals surface area contributed by atoms with Crippen LogP contribution in [-0.4, -0.2) is 43.8 Å². The zero-order valence-electron chi connectivity index (χ0n) is 24.1. The van der Waals surface area contributed by atoms with Crippen molar-refractivity contribution >= 4 is 50.7 Å². The quantitative estimate of drug-likeness (QED) is 0.271. The number of hydrogen-bond donors (Lipinski definition) is 1. The number of carbonyl (C=O) groups excluding carboxylic acids is 2. The van der Waals surface area contributed by atoms with Crippen molar-refractivity contribution in [3.63, 3.8) is 0 Å². The van der Waals surface area contributed by atoms with E-state index in [1.54, 1.807) is 55.5 Å². The van der Waals surface area contributed by atoms with Crippen LogP contribution in [0.15, 0.2) is 71.6 Å². The fourth-order valence-corrected chi connectivity index (χ4v) is 7.21. The highest BCUT2D eigenvalue weighted by Gasteiger charge is 2.33. The highest BCUT2D eigenvalue weighted by Crippen LogP contribution is 2.28. The van der Waals surface area contributed by atoms with Crippen LogP contribution in [0.4, 0.5) is 5.69 Å². The number of hydrogen-bond acceptors (Lipinski definition) is 4. The SMILES string of the molecule is Cc1cc(C)cc(N(CC(=O)N(Cc2ccc(Cl)cc2Cl)C(C)C(=O)NC2CCCCC2)S(=O)(=O)c2ccccc2)c1. The van der Waals surface area contributed by atoms with Crippen LogP contribution in [-0.2, 0) is 26.2 Å². The maximum Gasteiger partial charge on any atom is 0.264 e. The number of sulfonamides is 1. The third-order valence-electron chi connectivity index (χ3n) is 7.58. The standard InChI is InChI=1S/C32H37Cl2N3O4S/c1-22-16-23(2)18-28(17-22)37(42(40,41)29-12-8-5-9-13-29)21-31(38)36(20-25-14-15-26(33)19-30(25)34)24(3)32(39)35-27-10-6-4-7-11-27/h5,8-9,12-19,24,27H,4,6-7,10-11,20-21H2,1-3H3,(H,35,39). The third-order valence-corrected chi connectivity index (χ3v) is 9.95. The lowest BCUT2D eigenvalue weighted by molar-refractivity contribution is -0.139. The van der Waals surface area contributed by atoms with Gasteiger partial charge in [0.1, 0.15) is 12.6 Å². The summed E-state index contributed by atoms with van der Waals surface area (Å²) in [5, 5.41) is 3.90. The molecule has 1 aliphatic rings. The van der Waals surface area contributed by atoms with E-state index in [1.807, 2.05) is 19.9 Å². The van der Waals surface area contributed by atoms with Crippen molar-refractivity contribution in [2.24, 2.45) is 0 Å². The molecule has 0 aromatic heterocycles. The molecule has 4 rings (SSSR count). The lowest BCUT2D eigenvalue weighted by atomic mass is 9.95. The van der Waals surface area contributed by atoms with E-state index in [1.165, 1.54) is 17.0 Å². The molecule has 0 saturated heterocycles. The zero-order valence-corrected chi connectivity index (χ0v) is 26.5. The Kier molecular flexibility index (Phi) is 10.6. The summed E-state index contributed by atoms with van der Waals surface area (Å²) < 4.78 is 29.1. The van der Waals surface area contributed by atoms with Gasteiger partial charge in [-0.05, 0) is 86.7 Å². The number of anilines is 1. The Morgan fingerprint density at radius 1 is 0.929 bits per heavy atom. The summed E-state index contributed by atoms with van der Waals surface area (Å²) >= 11 is 12.6. The number of amides is 2. The molecular formula is C32H37Cl2N3O4S. The van der Waals surface area contributed by atoms with Gasteiger partial charge in [-0.1, -0.05) is 72.8 Å². The van der Waals surface area contributed by atoms with Crippen LogP contribution in [0, 0.1) is 13.8 Å². The minimum Gasteiger partial charge on any atom is -0.352 e. The van der Waals surface area contributed by atoms with Gasteiger partial charge in [0.2, 0.25) is 11.8 Å². The fraction of sp³-hybridized carbons (Fsp3) is 0.375. The molecule has 42 heavy (non-hydrogen) atoms. The van der Waals surface area contributed by atoms with Crippen molar-refractivity contribution in [1.29, 1.82) is 0 Å². The van der Waals surface area contributed by atoms with Crippen molar-refractivity contribution in [3.05, 3.63) is 93.5 Å². The average molecular weight is 631 g/mol. The first-order valence-corrected chi connectivity index (χ1v) is 16.3. The Morgan fingerprint density at radius 3 is 2.19 bits per heavy atom. The number of aryl methyl sites for hydroxylation is 2. The van der Waals surface area contributed by atoms with Gasteiger partial charge in [-0.2, -0.15) is 0 Å². The Bertz CT molecular complexity index is 1510. The second-order valence-electron chi connectivity index (χ2n) is 10.9. The van der Waals surface area contributed by atoms with Gasteiger partial charge in [0.05, 0.1) is 10.6 Å². The van der Waals surface area contributed by atoms with E-state index in [-0.39, 0.29) is 23.4 Å². The van der Waals surface area contributed by atoms with Crippen LogP contribution >= 0.6 is 23.2 Å². The summed E-state index contributed by atoms with van der Waals surface area (Å²) in [6.07, 6.45) is 5.03. The predicted octanol–water partition coefficient (Wildman–Crippen LogP) is 6.67. The second kappa shape index (κ2) is 13.9. The van der Waals surface area contributed by atoms with Crippen molar-refractivity contribution in [2.75, 3.05) is 10.8 Å². The van der Waals surface area contributed by atoms with Gasteiger partial charge in [-0.15, -0.1) is 0 Å². The van der Waals surface area contributed by atoms with E-state index in [4.69, 9.17) is 23.2 Å². The molecule has 3 aromatic carbocycles. The van der Waals surface area contributed by atoms with E-state index < -0.39 is 28.5 Å². The van der Waals surface area contributed by atoms with Crippen molar-refractivity contribution in [1.82, 2.24) is 10.2 Å². The van der Waals surface area contributed by atoms with Gasteiger partial charge >= 0.3 is 0 Å². The normalized spacial score (nSPS) is 14.7. The molecule has 1 N–H and O–H groups in total. The van der Waals surface area contributed by atoms with Crippen LogP contribution in [0.3, 0.4) is 0 Å². The van der Waals surface area contributed by atoms with E-state index in [0.717, 1.165) is 47.5 Å². The minimum atomic E-state index is -4.13. The lowest BCUT2D eigenvalue weighted by Crippen LogP contribution is -2.53. The first-order chi connectivity index (χ1) is 20.0. The van der Waals surface area contributed by atoms with Crippen molar-refractivity contribution in [2.45, 2.75) is 76.4 Å². The summed E-state index contributed by atoms with van der Waals surface area (Å²) in [6, 6.07) is 17.5. The molecule has 0 radical (unpaired) electrons. The molecule has 0 heterocycles. The molecule has 0 aliphatic heterocycles. The molecule has 3 aromatic rings. The molecule has 1 unspecified atom stereocenters. The van der Waals surface area contributed by atoms with E-state index >= 15 is 0 Å². The molecule has 0 bridgehead atoms. The van der Waals surface area contributed by atoms with Crippen LogP contribution in [0.1, 0.15) is 55.7 Å². The van der Waals surface area contributed by atoms with Gasteiger partial charge in [-0.25, -0.2) is 8.42 Å². The van der Waals surface area contributed by atoms with Crippen molar-refractivity contribution in [3.8, 4) is 0 Å². The largest absolute Gasteiger partial charge is 0.352 e. The van der Waals surface area contributed by atoms with Crippen LogP contribution < -0.4 is 9.62 Å². The summed E-state index contributed by atoms with van der Waals surface area (Å²) in [6.45, 7) is 4.90. The summed E-state index contributed by atoms with van der Waals surface area (Å²) in [7, 11) is -4.13. The maximum atomic E-state index is 14.2. The number of halogens is 2. The van der Waals surface area contributed by atoms with Gasteiger partial charge in [0.25, 0.3) is 10.0 Å². The molecule has 7 nitrogen and oxygen atoms in total. The fourth-order valence-electron chi connectivity index (χ4n) is 5.33. The number of benzene rings is 3. The third kappa shape index (κ3) is 7.85. The van der Waals surface area contributed by atoms with Gasteiger partial charge in [-0.3, -0.25) is 13.9 Å². The summed E-state index contributed by atoms with van der Waals surface area (Å²) in [4.78, 5) is 29.1. The molecule has 0 spiro atoms. The molecule has 2 amide bonds. The maximum absolute atomic E-state index is 14.2. The highest BCUT2D eigenvalue weighted by atomic mass is 35.5. The Hall–Kier alpha value is -3.07. The number of nitrogens with zero attached hydrogens (tertiary/aromatic N) is 2. The summed E-state index contributed by atoms with van der Waals surface area (Å²) in [5.41, 5.74) is 2.68. The highest BCUT2D eigenvalue weighted by molar-refractivity contribution is 7.92. The molecule has 1 atom stereocenters. The van der Waals surface area contributed by atoms with E-state index in [0.29, 0.717) is 21.3 Å². The first-order valence-electron chi connectivity index (χ1n) is 14.2. The minimum absolute atomic E-state index is 0.000157. The molecule has 10 heteroatoms. The molecule has 224 valence electrons. The van der Waals surface area contributed by atoms with Gasteiger partial charge in [0, 0.05) is 22.6 Å². The van der Waals surface area contributed by atoms with Crippen LogP contribution in [0.2, 0.25) is 10.0 Å². The Balaban J connectivity index is 1.71. The van der Waals surface area contributed by atoms with Crippen molar-refractivity contribution < 1.29 is 18.0 Å². The number of carbonyl (C=O) groups is 2. The molecule has 1 fully saturated rings. The molecule has 1 aliphatic carbocycles. The van der Waals surface area contributed by atoms with Crippen LogP contribution in [0.25, 0.3) is 0 Å². The molecular weight excluding hydrogens is 593 g/mol. The van der Waals surface area contributed by atoms with Gasteiger partial charge in [0.15, 0.2) is 0 Å². The summed E-state index contributed by atoms with van der Waals surface area (Å²) in [5.74, 6) is -0.824. The smallest absolute Gasteiger partial charge is 0.264 e. The average Bonchev–Trinajstić information content (AvgIpc) is 2.95. The van der Waals surface area contributed by atoms with Gasteiger partial charge < -0.3 is 10.2 Å². The Labute approximate surface area is 258 Å². The topological polar surface area (TPSA) is 86.8 Å². The van der Waals surface area contributed by atoms with E-state index in [9.17, 15) is 18.0 Å². The molecule has 1 saturated carbocycles. The Morgan fingerprint density at radius 2 is 1.57 bits per heavy atom. The first kappa shape index (κ1) is 31.9. The van der Waals surface area contributed by atoms with Crippen LogP contribution in [0.5, 0.6) is 0 Å². The number of nitrogens with one attached hydrogen (secondary N) is 1. The lowest BCUT2D eigenvalue weighted by Gasteiger charge is -2.33. The second-order valence-corrected chi connectivity index (χ2v) is 13.7. The number of rotatable bonds is 10.